The number of rotatable bonds is 3. The quantitative estimate of drug-likeness (QED) is 0.857. The van der Waals surface area contributed by atoms with Crippen LogP contribution in [-0.2, 0) is 14.6 Å². The Morgan fingerprint density at radius 3 is 2.37 bits per heavy atom. The number of carbonyl (C=O) groups is 1. The van der Waals surface area contributed by atoms with E-state index in [9.17, 15) is 13.2 Å². The summed E-state index contributed by atoms with van der Waals surface area (Å²) in [6.07, 6.45) is 3.83. The van der Waals surface area contributed by atoms with Crippen LogP contribution in [0.3, 0.4) is 0 Å². The summed E-state index contributed by atoms with van der Waals surface area (Å²) in [6, 6.07) is 5.89. The number of ether oxygens (including phenoxy) is 1. The van der Waals surface area contributed by atoms with Crippen LogP contribution >= 0.6 is 11.6 Å². The van der Waals surface area contributed by atoms with Gasteiger partial charge in [-0.1, -0.05) is 17.7 Å². The van der Waals surface area contributed by atoms with Crippen molar-refractivity contribution in [1.29, 1.82) is 0 Å². The van der Waals surface area contributed by atoms with Gasteiger partial charge >= 0.3 is 0 Å². The van der Waals surface area contributed by atoms with Gasteiger partial charge in [0.1, 0.15) is 11.0 Å². The van der Waals surface area contributed by atoms with Gasteiger partial charge in [-0.25, -0.2) is 8.42 Å². The first-order chi connectivity index (χ1) is 8.95. The molecule has 0 saturated carbocycles. The maximum atomic E-state index is 12.3. The van der Waals surface area contributed by atoms with Crippen LogP contribution in [0.25, 0.3) is 0 Å². The molecular weight excluding hydrogens is 288 g/mol. The highest BCUT2D eigenvalue weighted by molar-refractivity contribution is 7.93. The molecule has 1 aromatic carbocycles. The molecule has 0 N–H and O–H groups in total. The number of hydrogen-bond acceptors (Lipinski definition) is 4. The summed E-state index contributed by atoms with van der Waals surface area (Å²) in [5, 5.41) is -0.991. The molecule has 0 bridgehead atoms. The van der Waals surface area contributed by atoms with E-state index in [1.807, 2.05) is 0 Å². The molecular formula is C13H11ClO4S. The van der Waals surface area contributed by atoms with Gasteiger partial charge in [0.2, 0.25) is 0 Å². The van der Waals surface area contributed by atoms with E-state index < -0.39 is 20.9 Å². The second-order valence-corrected chi connectivity index (χ2v) is 6.44. The molecule has 0 amide bonds. The fourth-order valence-corrected chi connectivity index (χ4v) is 3.36. The molecule has 1 atom stereocenters. The molecule has 1 unspecified atom stereocenters. The van der Waals surface area contributed by atoms with Gasteiger partial charge in [-0.15, -0.1) is 0 Å². The topological polar surface area (TPSA) is 60.4 Å². The maximum Gasteiger partial charge on any atom is 0.192 e. The van der Waals surface area contributed by atoms with Crippen molar-refractivity contribution in [3.8, 4) is 5.75 Å². The van der Waals surface area contributed by atoms with Gasteiger partial charge < -0.3 is 4.74 Å². The van der Waals surface area contributed by atoms with E-state index in [1.54, 1.807) is 0 Å². The van der Waals surface area contributed by atoms with Crippen LogP contribution in [0.4, 0.5) is 0 Å². The third kappa shape index (κ3) is 2.72. The normalized spacial score (nSPS) is 19.2. The van der Waals surface area contributed by atoms with Gasteiger partial charge in [-0.05, 0) is 30.3 Å². The van der Waals surface area contributed by atoms with Crippen molar-refractivity contribution in [3.05, 3.63) is 47.5 Å². The van der Waals surface area contributed by atoms with Gasteiger partial charge in [0.15, 0.2) is 15.6 Å². The molecule has 100 valence electrons. The monoisotopic (exact) mass is 298 g/mol. The zero-order valence-electron chi connectivity index (χ0n) is 10.0. The van der Waals surface area contributed by atoms with E-state index in [2.05, 4.69) is 0 Å². The molecule has 6 heteroatoms. The summed E-state index contributed by atoms with van der Waals surface area (Å²) in [7, 11) is -2.26. The Morgan fingerprint density at radius 1 is 1.21 bits per heavy atom. The summed E-state index contributed by atoms with van der Waals surface area (Å²) >= 11 is 5.65. The first kappa shape index (κ1) is 13.8. The van der Waals surface area contributed by atoms with E-state index in [1.165, 1.54) is 43.5 Å². The smallest absolute Gasteiger partial charge is 0.192 e. The predicted molar refractivity (Wildman–Crippen MR) is 72.1 cm³/mol. The van der Waals surface area contributed by atoms with Crippen molar-refractivity contribution in [2.75, 3.05) is 7.11 Å². The Kier molecular flexibility index (Phi) is 3.78. The number of hydrogen-bond donors (Lipinski definition) is 0. The number of halogens is 1. The first-order valence-corrected chi connectivity index (χ1v) is 7.35. The van der Waals surface area contributed by atoms with Crippen LogP contribution in [0, 0.1) is 0 Å². The summed E-state index contributed by atoms with van der Waals surface area (Å²) in [4.78, 5) is 11.8. The summed E-state index contributed by atoms with van der Waals surface area (Å²) < 4.78 is 29.6. The lowest BCUT2D eigenvalue weighted by Gasteiger charge is -2.14. The van der Waals surface area contributed by atoms with Crippen molar-refractivity contribution in [3.63, 3.8) is 0 Å². The van der Waals surface area contributed by atoms with Crippen LogP contribution in [0.1, 0.15) is 0 Å². The van der Waals surface area contributed by atoms with Gasteiger partial charge in [0.05, 0.1) is 12.0 Å². The van der Waals surface area contributed by atoms with Crippen LogP contribution in [0.2, 0.25) is 0 Å². The number of ketones is 1. The average molecular weight is 299 g/mol. The van der Waals surface area contributed by atoms with E-state index in [4.69, 9.17) is 16.3 Å². The average Bonchev–Trinajstić information content (AvgIpc) is 2.38. The van der Waals surface area contributed by atoms with E-state index >= 15 is 0 Å². The van der Waals surface area contributed by atoms with Crippen molar-refractivity contribution in [2.24, 2.45) is 0 Å². The first-order valence-electron chi connectivity index (χ1n) is 5.42. The number of methoxy groups -OCH3 is 1. The third-order valence-corrected chi connectivity index (χ3v) is 4.94. The molecule has 0 radical (unpaired) electrons. The molecule has 1 aliphatic carbocycles. The molecule has 0 aliphatic heterocycles. The summed E-state index contributed by atoms with van der Waals surface area (Å²) in [5.74, 6) is 0.00993. The molecule has 4 nitrogen and oxygen atoms in total. The lowest BCUT2D eigenvalue weighted by Crippen LogP contribution is -2.28. The molecule has 0 aromatic heterocycles. The minimum atomic E-state index is -3.75. The predicted octanol–water partition coefficient (Wildman–Crippen LogP) is 2.10. The van der Waals surface area contributed by atoms with Crippen LogP contribution < -0.4 is 4.74 Å². The highest BCUT2D eigenvalue weighted by Crippen LogP contribution is 2.24. The summed E-state index contributed by atoms with van der Waals surface area (Å²) in [5.41, 5.74) is 0. The molecule has 0 saturated heterocycles. The number of carbonyl (C=O) groups excluding carboxylic acids is 1. The highest BCUT2D eigenvalue weighted by Gasteiger charge is 2.32. The Hall–Kier alpha value is -1.59. The number of allylic oxidation sites excluding steroid dienone is 3. The fourth-order valence-electron chi connectivity index (χ4n) is 1.71. The van der Waals surface area contributed by atoms with E-state index in [0.717, 1.165) is 6.08 Å². The molecule has 19 heavy (non-hydrogen) atoms. The van der Waals surface area contributed by atoms with Crippen LogP contribution in [0.15, 0.2) is 52.4 Å². The van der Waals surface area contributed by atoms with Gasteiger partial charge in [-0.2, -0.15) is 0 Å². The zero-order valence-corrected chi connectivity index (χ0v) is 11.6. The molecule has 0 spiro atoms. The minimum Gasteiger partial charge on any atom is -0.497 e. The Bertz CT molecular complexity index is 656. The molecule has 1 aromatic rings. The molecule has 1 aliphatic rings. The summed E-state index contributed by atoms with van der Waals surface area (Å²) in [6.45, 7) is 0. The molecule has 0 fully saturated rings. The highest BCUT2D eigenvalue weighted by atomic mass is 35.5. The van der Waals surface area contributed by atoms with Crippen molar-refractivity contribution in [2.45, 2.75) is 10.1 Å². The molecule has 2 rings (SSSR count). The second-order valence-electron chi connectivity index (χ2n) is 3.93. The Balaban J connectivity index is 2.37. The molecule has 0 heterocycles. The lowest BCUT2D eigenvalue weighted by atomic mass is 10.2. The van der Waals surface area contributed by atoms with Gasteiger partial charge in [0, 0.05) is 11.1 Å². The minimum absolute atomic E-state index is 0.0720. The number of sulfone groups is 1. The van der Waals surface area contributed by atoms with Crippen molar-refractivity contribution in [1.82, 2.24) is 0 Å². The zero-order chi connectivity index (χ0) is 14.0. The van der Waals surface area contributed by atoms with Crippen LogP contribution in [-0.4, -0.2) is 26.6 Å². The number of benzene rings is 1. The fraction of sp³-hybridized carbons (Fsp3) is 0.154. The van der Waals surface area contributed by atoms with E-state index in [0.29, 0.717) is 5.75 Å². The van der Waals surface area contributed by atoms with Gasteiger partial charge in [0.25, 0.3) is 0 Å². The van der Waals surface area contributed by atoms with Gasteiger partial charge in [-0.3, -0.25) is 4.79 Å². The second kappa shape index (κ2) is 5.19. The van der Waals surface area contributed by atoms with Crippen molar-refractivity contribution >= 4 is 27.2 Å². The largest absolute Gasteiger partial charge is 0.497 e. The van der Waals surface area contributed by atoms with E-state index in [-0.39, 0.29) is 9.93 Å². The lowest BCUT2D eigenvalue weighted by molar-refractivity contribution is -0.113. The Morgan fingerprint density at radius 2 is 1.84 bits per heavy atom. The SMILES string of the molecule is COc1ccc(S(=O)(=O)C2C=CC(Cl)=CC2=O)cc1. The van der Waals surface area contributed by atoms with Crippen LogP contribution in [0.5, 0.6) is 5.75 Å². The maximum absolute atomic E-state index is 12.3. The Labute approximate surface area is 116 Å². The standard InChI is InChI=1S/C13H11ClO4S/c1-18-10-3-5-11(6-4-10)19(16,17)13-7-2-9(14)8-12(13)15/h2-8,13H,1H3. The third-order valence-electron chi connectivity index (χ3n) is 2.71. The van der Waals surface area contributed by atoms with Crippen molar-refractivity contribution < 1.29 is 17.9 Å².